The number of nitrogens with one attached hydrogen (secondary N) is 1. The lowest BCUT2D eigenvalue weighted by Crippen LogP contribution is -2.22. The molecule has 3 rings (SSSR count). The van der Waals surface area contributed by atoms with E-state index in [-0.39, 0.29) is 12.6 Å². The second-order valence-corrected chi connectivity index (χ2v) is 6.04. The Kier molecular flexibility index (Phi) is 3.96. The summed E-state index contributed by atoms with van der Waals surface area (Å²) in [6, 6.07) is 1.92. The highest BCUT2D eigenvalue weighted by molar-refractivity contribution is 5.53. The Labute approximate surface area is 125 Å². The number of nitrogens with zero attached hydrogens (tertiary/aromatic N) is 3. The number of nitrogens with two attached hydrogens (primary N) is 1. The molecule has 6 heteroatoms. The van der Waals surface area contributed by atoms with E-state index in [0.717, 1.165) is 30.7 Å². The summed E-state index contributed by atoms with van der Waals surface area (Å²) in [4.78, 5) is 10.8. The van der Waals surface area contributed by atoms with E-state index in [1.54, 1.807) is 0 Å². The number of fused-ring (bicyclic) bond motifs is 1. The molecule has 2 heterocycles. The fourth-order valence-electron chi connectivity index (χ4n) is 3.36. The normalized spacial score (nSPS) is 24.7. The largest absolute Gasteiger partial charge is 0.395 e. The molecule has 114 valence electrons. The molecule has 0 aromatic carbocycles. The lowest BCUT2D eigenvalue weighted by Gasteiger charge is -2.21. The van der Waals surface area contributed by atoms with Crippen LogP contribution in [0.4, 0.5) is 17.6 Å². The van der Waals surface area contributed by atoms with Crippen LogP contribution in [0, 0.1) is 11.8 Å². The van der Waals surface area contributed by atoms with Crippen LogP contribution in [-0.2, 0) is 0 Å². The van der Waals surface area contributed by atoms with Crippen LogP contribution >= 0.6 is 0 Å². The molecule has 2 aliphatic rings. The van der Waals surface area contributed by atoms with Crippen LogP contribution in [0.5, 0.6) is 0 Å². The van der Waals surface area contributed by atoms with E-state index in [4.69, 9.17) is 10.8 Å². The quantitative estimate of drug-likeness (QED) is 0.723. The third-order valence-corrected chi connectivity index (χ3v) is 4.40. The summed E-state index contributed by atoms with van der Waals surface area (Å²) in [5.41, 5.74) is 7.31. The molecule has 0 bridgehead atoms. The predicted octanol–water partition coefficient (Wildman–Crippen LogP) is 1.26. The summed E-state index contributed by atoms with van der Waals surface area (Å²) in [5, 5.41) is 11.9. The number of hydrogen-bond donors (Lipinski definition) is 3. The Morgan fingerprint density at radius 3 is 3.00 bits per heavy atom. The molecule has 1 fully saturated rings. The first-order valence-electron chi connectivity index (χ1n) is 7.55. The van der Waals surface area contributed by atoms with Crippen molar-refractivity contribution in [3.8, 4) is 0 Å². The number of hydrogen-bond acceptors (Lipinski definition) is 6. The molecule has 1 aliphatic heterocycles. The number of aromatic nitrogens is 2. The van der Waals surface area contributed by atoms with Crippen molar-refractivity contribution in [2.45, 2.75) is 19.8 Å². The molecule has 0 saturated carbocycles. The number of anilines is 3. The first-order valence-corrected chi connectivity index (χ1v) is 7.55. The molecule has 1 aliphatic carbocycles. The fraction of sp³-hybridized carbons (Fsp3) is 0.600. The third kappa shape index (κ3) is 3.10. The van der Waals surface area contributed by atoms with Gasteiger partial charge in [-0.25, -0.2) is 0 Å². The first-order chi connectivity index (χ1) is 10.2. The molecule has 1 aromatic heterocycles. The van der Waals surface area contributed by atoms with Crippen molar-refractivity contribution in [3.63, 3.8) is 0 Å². The fourth-order valence-corrected chi connectivity index (χ4v) is 3.36. The van der Waals surface area contributed by atoms with Crippen LogP contribution in [-0.4, -0.2) is 41.3 Å². The van der Waals surface area contributed by atoms with Crippen LogP contribution in [0.1, 0.15) is 19.8 Å². The van der Waals surface area contributed by atoms with Crippen molar-refractivity contribution >= 4 is 17.6 Å². The molecule has 0 unspecified atom stereocenters. The summed E-state index contributed by atoms with van der Waals surface area (Å²) >= 11 is 0. The van der Waals surface area contributed by atoms with E-state index in [1.165, 1.54) is 18.4 Å². The summed E-state index contributed by atoms with van der Waals surface area (Å²) < 4.78 is 0. The zero-order valence-electron chi connectivity index (χ0n) is 12.4. The average molecular weight is 289 g/mol. The first kappa shape index (κ1) is 14.1. The van der Waals surface area contributed by atoms with E-state index >= 15 is 0 Å². The van der Waals surface area contributed by atoms with Crippen molar-refractivity contribution < 1.29 is 5.11 Å². The van der Waals surface area contributed by atoms with Crippen LogP contribution < -0.4 is 16.0 Å². The van der Waals surface area contributed by atoms with E-state index in [1.807, 2.05) is 6.07 Å². The summed E-state index contributed by atoms with van der Waals surface area (Å²) in [6.45, 7) is 4.82. The monoisotopic (exact) mass is 289 g/mol. The zero-order valence-corrected chi connectivity index (χ0v) is 12.4. The number of allylic oxidation sites excluding steroid dienone is 2. The highest BCUT2D eigenvalue weighted by Crippen LogP contribution is 2.37. The van der Waals surface area contributed by atoms with Crippen LogP contribution in [0.3, 0.4) is 0 Å². The van der Waals surface area contributed by atoms with Gasteiger partial charge in [-0.05, 0) is 31.6 Å². The number of nitrogen functional groups attached to an aromatic ring is 1. The number of aliphatic hydroxyl groups excluding tert-OH is 1. The molecule has 4 N–H and O–H groups in total. The Bertz CT molecular complexity index is 545. The van der Waals surface area contributed by atoms with Gasteiger partial charge in [0, 0.05) is 25.7 Å². The van der Waals surface area contributed by atoms with Gasteiger partial charge in [0.1, 0.15) is 11.6 Å². The lowest BCUT2D eigenvalue weighted by molar-refractivity contribution is 0.311. The third-order valence-electron chi connectivity index (χ3n) is 4.40. The van der Waals surface area contributed by atoms with Crippen molar-refractivity contribution in [2.24, 2.45) is 11.8 Å². The smallest absolute Gasteiger partial charge is 0.223 e. The Balaban J connectivity index is 1.74. The van der Waals surface area contributed by atoms with Gasteiger partial charge in [0.2, 0.25) is 5.95 Å². The van der Waals surface area contributed by atoms with Gasteiger partial charge in [0.15, 0.2) is 0 Å². The van der Waals surface area contributed by atoms with Crippen molar-refractivity contribution in [3.05, 3.63) is 17.7 Å². The second kappa shape index (κ2) is 5.89. The molecular formula is C15H23N5O. The molecular weight excluding hydrogens is 266 g/mol. The van der Waals surface area contributed by atoms with E-state index < -0.39 is 0 Å². The van der Waals surface area contributed by atoms with Crippen LogP contribution in [0.25, 0.3) is 0 Å². The maximum Gasteiger partial charge on any atom is 0.223 e. The van der Waals surface area contributed by atoms with E-state index in [0.29, 0.717) is 12.4 Å². The number of aliphatic hydroxyl groups is 1. The average Bonchev–Trinajstić information content (AvgIpc) is 2.87. The topological polar surface area (TPSA) is 87.3 Å². The van der Waals surface area contributed by atoms with Gasteiger partial charge >= 0.3 is 0 Å². The van der Waals surface area contributed by atoms with Crippen molar-refractivity contribution in [1.29, 1.82) is 0 Å². The number of rotatable bonds is 4. The lowest BCUT2D eigenvalue weighted by atomic mass is 9.83. The van der Waals surface area contributed by atoms with Gasteiger partial charge < -0.3 is 21.1 Å². The van der Waals surface area contributed by atoms with Crippen molar-refractivity contribution in [2.75, 3.05) is 42.2 Å². The molecule has 0 amide bonds. The van der Waals surface area contributed by atoms with Gasteiger partial charge in [-0.2, -0.15) is 9.97 Å². The van der Waals surface area contributed by atoms with Gasteiger partial charge in [-0.15, -0.1) is 0 Å². The molecule has 0 spiro atoms. The summed E-state index contributed by atoms with van der Waals surface area (Å²) in [6.07, 6.45) is 4.73. The maximum atomic E-state index is 8.89. The standard InChI is InChI=1S/C15H23N5O/c1-10-2-3-11-8-20(9-12(11)6-10)14-7-13(17-4-5-21)18-15(16)19-14/h2,7,11-12,21H,3-6,8-9H2,1H3,(H3,16,17,18,19)/t11-,12+/m0/s1. The van der Waals surface area contributed by atoms with E-state index in [2.05, 4.69) is 33.2 Å². The molecule has 1 saturated heterocycles. The highest BCUT2D eigenvalue weighted by Gasteiger charge is 2.34. The van der Waals surface area contributed by atoms with Crippen LogP contribution in [0.2, 0.25) is 0 Å². The Morgan fingerprint density at radius 2 is 2.19 bits per heavy atom. The van der Waals surface area contributed by atoms with Crippen molar-refractivity contribution in [1.82, 2.24) is 9.97 Å². The minimum absolute atomic E-state index is 0.0675. The molecule has 21 heavy (non-hydrogen) atoms. The van der Waals surface area contributed by atoms with E-state index in [9.17, 15) is 0 Å². The maximum absolute atomic E-state index is 8.89. The second-order valence-electron chi connectivity index (χ2n) is 6.04. The minimum atomic E-state index is 0.0675. The van der Waals surface area contributed by atoms with Crippen LogP contribution in [0.15, 0.2) is 17.7 Å². The Hall–Kier alpha value is -1.82. The Morgan fingerprint density at radius 1 is 1.38 bits per heavy atom. The predicted molar refractivity (Wildman–Crippen MR) is 84.2 cm³/mol. The molecule has 0 radical (unpaired) electrons. The SMILES string of the molecule is CC1=CC[C@H]2CN(c3cc(NCCO)nc(N)n3)C[C@H]2C1. The zero-order chi connectivity index (χ0) is 14.8. The van der Waals surface area contributed by atoms with Gasteiger partial charge in [-0.3, -0.25) is 0 Å². The summed E-state index contributed by atoms with van der Waals surface area (Å²) in [7, 11) is 0. The summed E-state index contributed by atoms with van der Waals surface area (Å²) in [5.74, 6) is 3.28. The van der Waals surface area contributed by atoms with Gasteiger partial charge in [0.25, 0.3) is 0 Å². The minimum Gasteiger partial charge on any atom is -0.395 e. The molecule has 2 atom stereocenters. The molecule has 6 nitrogen and oxygen atoms in total. The molecule has 1 aromatic rings. The van der Waals surface area contributed by atoms with Gasteiger partial charge in [-0.1, -0.05) is 11.6 Å². The van der Waals surface area contributed by atoms with Gasteiger partial charge in [0.05, 0.1) is 6.61 Å². The highest BCUT2D eigenvalue weighted by atomic mass is 16.3.